The molecular weight excluding hydrogens is 1090 g/mol. The first-order valence-electron chi connectivity index (χ1n) is 33.2. The maximum Gasteiger partial charge on any atom is 1.00 e. The molecule has 0 aliphatic rings. The first-order chi connectivity index (χ1) is 37.5. The maximum atomic E-state index is 11.9. The van der Waals surface area contributed by atoms with Crippen LogP contribution in [0.15, 0.2) is 0 Å². The van der Waals surface area contributed by atoms with Crippen molar-refractivity contribution >= 4 is 31.2 Å². The second-order valence-electron chi connectivity index (χ2n) is 23.2. The van der Waals surface area contributed by atoms with E-state index in [4.69, 9.17) is 8.37 Å². The molecule has 0 fully saturated rings. The van der Waals surface area contributed by atoms with Gasteiger partial charge in [0.05, 0.1) is 25.9 Å². The van der Waals surface area contributed by atoms with E-state index >= 15 is 0 Å². The van der Waals surface area contributed by atoms with Crippen molar-refractivity contribution in [3.63, 3.8) is 0 Å². The van der Waals surface area contributed by atoms with E-state index in [1.807, 2.05) is 13.8 Å². The topological polar surface area (TPSA) is 185 Å². The molecule has 17 heteroatoms. The van der Waals surface area contributed by atoms with Crippen LogP contribution < -0.4 is 59.1 Å². The fourth-order valence-corrected chi connectivity index (χ4v) is 11.5. The van der Waals surface area contributed by atoms with E-state index in [1.165, 1.54) is 250 Å². The van der Waals surface area contributed by atoms with Gasteiger partial charge in [-0.3, -0.25) is 8.37 Å². The van der Waals surface area contributed by atoms with Gasteiger partial charge in [-0.2, -0.15) is 8.42 Å². The summed E-state index contributed by atoms with van der Waals surface area (Å²) in [6.45, 7) is 15.7. The molecule has 0 spiro atoms. The van der Waals surface area contributed by atoms with Gasteiger partial charge in [0.2, 0.25) is 20.8 Å². The summed E-state index contributed by atoms with van der Waals surface area (Å²) in [5, 5.41) is 0. The van der Waals surface area contributed by atoms with E-state index in [0.29, 0.717) is 31.1 Å². The van der Waals surface area contributed by atoms with Gasteiger partial charge in [-0.25, -0.2) is 25.2 Å². The monoisotopic (exact) mass is 1220 g/mol. The summed E-state index contributed by atoms with van der Waals surface area (Å²) < 4.78 is 105. The van der Waals surface area contributed by atoms with E-state index in [1.54, 1.807) is 0 Å². The van der Waals surface area contributed by atoms with Crippen molar-refractivity contribution in [3.8, 4) is 0 Å². The van der Waals surface area contributed by atoms with Crippen LogP contribution in [-0.4, -0.2) is 60.3 Å². The van der Waals surface area contributed by atoms with E-state index in [9.17, 15) is 34.4 Å². The Bertz CT molecular complexity index is 1460. The minimum Gasteiger partial charge on any atom is -0.726 e. The molecule has 0 amide bonds. The average Bonchev–Trinajstić information content (AvgIpc) is 3.38. The largest absolute Gasteiger partial charge is 1.00 e. The summed E-state index contributed by atoms with van der Waals surface area (Å²) in [6.07, 6.45) is 61.2. The van der Waals surface area contributed by atoms with Crippen LogP contribution in [0, 0.1) is 11.8 Å². The molecule has 12 nitrogen and oxygen atoms in total. The molecule has 0 heterocycles. The molecule has 0 aromatic rings. The van der Waals surface area contributed by atoms with Crippen molar-refractivity contribution in [1.82, 2.24) is 0 Å². The first-order valence-corrected chi connectivity index (χ1v) is 37.2. The zero-order valence-electron chi connectivity index (χ0n) is 54.3. The van der Waals surface area contributed by atoms with E-state index in [-0.39, 0.29) is 78.9 Å². The van der Waals surface area contributed by atoms with Gasteiger partial charge in [0.25, 0.3) is 0 Å². The minimum absolute atomic E-state index is 0. The van der Waals surface area contributed by atoms with Crippen LogP contribution in [0.4, 0.5) is 0 Å². The molecule has 0 saturated heterocycles. The van der Waals surface area contributed by atoms with Crippen molar-refractivity contribution in [1.29, 1.82) is 0 Å². The Hall–Kier alpha value is 1.61. The summed E-state index contributed by atoms with van der Waals surface area (Å²) in [5.74, 6) is 0.927. The minimum atomic E-state index is -4.59. The molecule has 0 N–H and O–H groups in total. The van der Waals surface area contributed by atoms with Gasteiger partial charge in [0.15, 0.2) is 0 Å². The van der Waals surface area contributed by atoms with E-state index < -0.39 is 37.3 Å². The van der Waals surface area contributed by atoms with Gasteiger partial charge in [0, 0.05) is 0 Å². The predicted octanol–water partition coefficient (Wildman–Crippen LogP) is 14.4. The van der Waals surface area contributed by atoms with Crippen LogP contribution in [0.25, 0.3) is 0 Å². The number of unbranched alkanes of at least 4 members (excludes halogenated alkanes) is 41. The van der Waals surface area contributed by atoms with Gasteiger partial charge in [-0.15, -0.1) is 0 Å². The third-order valence-corrected chi connectivity index (χ3v) is 16.7. The molecule has 474 valence electrons. The third kappa shape index (κ3) is 83.8. The van der Waals surface area contributed by atoms with E-state index in [0.717, 1.165) is 51.4 Å². The second kappa shape index (κ2) is 69.7. The quantitative estimate of drug-likeness (QED) is 0.0243. The van der Waals surface area contributed by atoms with Crippen molar-refractivity contribution in [2.45, 2.75) is 376 Å². The van der Waals surface area contributed by atoms with Gasteiger partial charge >= 0.3 is 69.5 Å². The summed E-state index contributed by atoms with van der Waals surface area (Å²) >= 11 is 0. The molecule has 0 rings (SSSR count). The second-order valence-corrected chi connectivity index (χ2v) is 26.5. The van der Waals surface area contributed by atoms with Gasteiger partial charge in [0.1, 0.15) is 0 Å². The molecule has 0 saturated carbocycles. The SMILES string of the molecule is CCCCCC(CC)CCC(CC(C)C)OS(=O)(=O)[O-].CCCCCCCCCCCCCCCCCCOS(=O)(=O)OCCCCCCCCCCCCCCCCCC.CCCCCCCCCCCCOS(=O)(=O)[O-].[Na+].[Na+]. The number of hydrogen-bond acceptors (Lipinski definition) is 12. The zero-order chi connectivity index (χ0) is 58.5. The molecule has 0 bridgehead atoms. The fourth-order valence-electron chi connectivity index (χ4n) is 9.96. The average molecular weight is 1220 g/mol. The van der Waals surface area contributed by atoms with Crippen LogP contribution in [0.1, 0.15) is 370 Å². The van der Waals surface area contributed by atoms with Crippen LogP contribution in [0.5, 0.6) is 0 Å². The standard InChI is InChI=1S/C36H74O4S.C15H32O4S.C12H26O4S.2Na/c1-3-5-7-9-11-13-15-17-19-21-23-25-27-29-31-33-35-39-41(37,38)40-36-34-32-30-28-26-24-22-20-18-16-14-12-10-8-6-4-2;1-5-7-8-9-14(6-2)10-11-15(12-13(3)4)19-20(16,17)18;1-2-3-4-5-6-7-8-9-10-11-12-16-17(13,14)15;;/h3-36H2,1-2H3;13-15H,5-12H2,1-4H3,(H,16,17,18);2-12H2,1H3,(H,13,14,15);;/q;;;2*+1/p-2. The van der Waals surface area contributed by atoms with Crippen molar-refractivity contribution in [2.75, 3.05) is 19.8 Å². The van der Waals surface area contributed by atoms with Crippen LogP contribution in [-0.2, 0) is 47.9 Å². The molecule has 0 aromatic carbocycles. The first kappa shape index (κ1) is 90.4. The summed E-state index contributed by atoms with van der Waals surface area (Å²) in [7, 11) is -12.9. The molecule has 2 unspecified atom stereocenters. The molecule has 80 heavy (non-hydrogen) atoms. The van der Waals surface area contributed by atoms with Crippen molar-refractivity contribution in [3.05, 3.63) is 0 Å². The Morgan fingerprint density at radius 1 is 0.312 bits per heavy atom. The Labute approximate surface area is 543 Å². The number of hydrogen-bond donors (Lipinski definition) is 0. The Balaban J connectivity index is -0.000000399. The molecule has 0 aliphatic carbocycles. The molecule has 2 atom stereocenters. The Kier molecular flexibility index (Phi) is 78.7. The smallest absolute Gasteiger partial charge is 0.726 e. The summed E-state index contributed by atoms with van der Waals surface area (Å²) in [5.41, 5.74) is 0. The van der Waals surface area contributed by atoms with Crippen LogP contribution >= 0.6 is 0 Å². The Morgan fingerprint density at radius 2 is 0.562 bits per heavy atom. The summed E-state index contributed by atoms with van der Waals surface area (Å²) in [4.78, 5) is 0. The Morgan fingerprint density at radius 3 is 0.800 bits per heavy atom. The fraction of sp³-hybridized carbons (Fsp3) is 1.00. The molecule has 0 aromatic heterocycles. The van der Waals surface area contributed by atoms with E-state index in [2.05, 4.69) is 43.0 Å². The van der Waals surface area contributed by atoms with Crippen molar-refractivity contribution in [2.24, 2.45) is 11.8 Å². The van der Waals surface area contributed by atoms with Gasteiger partial charge in [-0.05, 0) is 50.4 Å². The van der Waals surface area contributed by atoms with Crippen molar-refractivity contribution < 1.29 is 110 Å². The summed E-state index contributed by atoms with van der Waals surface area (Å²) in [6, 6.07) is 0. The normalized spacial score (nSPS) is 12.5. The maximum absolute atomic E-state index is 11.9. The zero-order valence-corrected chi connectivity index (χ0v) is 60.8. The van der Waals surface area contributed by atoms with Crippen LogP contribution in [0.3, 0.4) is 0 Å². The molecule has 0 radical (unpaired) electrons. The predicted molar refractivity (Wildman–Crippen MR) is 329 cm³/mol. The third-order valence-electron chi connectivity index (χ3n) is 14.9. The van der Waals surface area contributed by atoms with Crippen LogP contribution in [0.2, 0.25) is 0 Å². The number of rotatable bonds is 60. The molecular formula is C63H130Na2O12S3. The molecule has 0 aliphatic heterocycles. The van der Waals surface area contributed by atoms with Gasteiger partial charge in [-0.1, -0.05) is 331 Å². The van der Waals surface area contributed by atoms with Gasteiger partial charge < -0.3 is 9.11 Å².